The molecule has 0 aliphatic carbocycles. The molecule has 0 aliphatic rings. The Morgan fingerprint density at radius 3 is 2.51 bits per heavy atom. The van der Waals surface area contributed by atoms with E-state index in [1.54, 1.807) is 46.1 Å². The molecule has 4 aromatic heterocycles. The van der Waals surface area contributed by atoms with E-state index in [1.807, 2.05) is 42.5 Å². The van der Waals surface area contributed by atoms with E-state index < -0.39 is 0 Å². The van der Waals surface area contributed by atoms with Gasteiger partial charge in [-0.05, 0) is 42.1 Å². The summed E-state index contributed by atoms with van der Waals surface area (Å²) in [6.45, 7) is 3.19. The van der Waals surface area contributed by atoms with Crippen molar-refractivity contribution < 1.29 is 18.9 Å². The van der Waals surface area contributed by atoms with Gasteiger partial charge in [0.2, 0.25) is 0 Å². The highest BCUT2D eigenvalue weighted by Gasteiger charge is 2.16. The fraction of sp³-hybridized carbons (Fsp3) is 0.312. The Kier molecular flexibility index (Phi) is 9.77. The van der Waals surface area contributed by atoms with Gasteiger partial charge in [0.15, 0.2) is 11.5 Å². The van der Waals surface area contributed by atoms with Crippen molar-refractivity contribution in [2.75, 3.05) is 53.4 Å². The third-order valence-corrected chi connectivity index (χ3v) is 7.11. The van der Waals surface area contributed by atoms with Crippen LogP contribution in [0, 0.1) is 0 Å². The van der Waals surface area contributed by atoms with Gasteiger partial charge in [0.05, 0.1) is 43.4 Å². The first-order chi connectivity index (χ1) is 21.0. The second-order valence-corrected chi connectivity index (χ2v) is 10.2. The van der Waals surface area contributed by atoms with Crippen LogP contribution in [0.15, 0.2) is 67.3 Å². The average Bonchev–Trinajstić information content (AvgIpc) is 3.03. The lowest BCUT2D eigenvalue weighted by atomic mass is 10.0. The van der Waals surface area contributed by atoms with Crippen LogP contribution in [0.1, 0.15) is 12.1 Å². The van der Waals surface area contributed by atoms with Crippen molar-refractivity contribution in [2.24, 2.45) is 5.73 Å². The maximum Gasteiger partial charge on any atom is 0.162 e. The third-order valence-electron chi connectivity index (χ3n) is 7.11. The van der Waals surface area contributed by atoms with Gasteiger partial charge in [-0.1, -0.05) is 6.07 Å². The Bertz CT molecular complexity index is 1670. The molecular formula is C32H37N7O4. The first-order valence-corrected chi connectivity index (χ1v) is 14.0. The van der Waals surface area contributed by atoms with Gasteiger partial charge >= 0.3 is 0 Å². The molecule has 0 saturated carbocycles. The Morgan fingerprint density at radius 1 is 0.907 bits per heavy atom. The zero-order valence-corrected chi connectivity index (χ0v) is 24.7. The molecular weight excluding hydrogens is 546 g/mol. The number of anilines is 1. The zero-order chi connectivity index (χ0) is 30.2. The lowest BCUT2D eigenvalue weighted by Gasteiger charge is -2.25. The molecule has 1 atom stereocenters. The van der Waals surface area contributed by atoms with Crippen molar-refractivity contribution >= 4 is 27.5 Å². The van der Waals surface area contributed by atoms with Crippen molar-refractivity contribution in [3.05, 3.63) is 72.9 Å². The predicted octanol–water partition coefficient (Wildman–Crippen LogP) is 4.08. The number of hydrogen-bond acceptors (Lipinski definition) is 11. The van der Waals surface area contributed by atoms with Gasteiger partial charge in [-0.15, -0.1) is 0 Å². The summed E-state index contributed by atoms with van der Waals surface area (Å²) in [5.41, 5.74) is 16.1. The van der Waals surface area contributed by atoms with E-state index in [-0.39, 0.29) is 6.04 Å². The number of nitrogen functional groups attached to an aromatic ring is 1. The number of hydrogen-bond donors (Lipinski definition) is 2. The van der Waals surface area contributed by atoms with Crippen molar-refractivity contribution in [3.8, 4) is 28.5 Å². The van der Waals surface area contributed by atoms with Crippen LogP contribution in [0.3, 0.4) is 0 Å². The Morgan fingerprint density at radius 2 is 1.74 bits per heavy atom. The lowest BCUT2D eigenvalue weighted by molar-refractivity contribution is 0.158. The smallest absolute Gasteiger partial charge is 0.162 e. The normalized spacial score (nSPS) is 12.1. The fourth-order valence-electron chi connectivity index (χ4n) is 5.02. The number of rotatable bonds is 14. The molecule has 0 bridgehead atoms. The van der Waals surface area contributed by atoms with Crippen LogP contribution in [-0.2, 0) is 11.3 Å². The predicted molar refractivity (Wildman–Crippen MR) is 167 cm³/mol. The van der Waals surface area contributed by atoms with Crippen LogP contribution in [0.5, 0.6) is 17.2 Å². The van der Waals surface area contributed by atoms with Gasteiger partial charge in [0.25, 0.3) is 0 Å². The molecule has 0 radical (unpaired) electrons. The van der Waals surface area contributed by atoms with Gasteiger partial charge in [-0.3, -0.25) is 19.9 Å². The monoisotopic (exact) mass is 583 g/mol. The number of nitrogens with zero attached hydrogens (tertiary/aromatic N) is 5. The van der Waals surface area contributed by atoms with Crippen LogP contribution in [0.4, 0.5) is 5.82 Å². The number of nitrogens with two attached hydrogens (primary N) is 2. The molecule has 43 heavy (non-hydrogen) atoms. The Balaban J connectivity index is 1.33. The van der Waals surface area contributed by atoms with E-state index in [0.29, 0.717) is 55.1 Å². The number of pyridine rings is 4. The molecule has 4 heterocycles. The number of benzene rings is 1. The van der Waals surface area contributed by atoms with Gasteiger partial charge in [-0.25, -0.2) is 4.98 Å². The van der Waals surface area contributed by atoms with Gasteiger partial charge in [0, 0.05) is 74.3 Å². The van der Waals surface area contributed by atoms with Crippen molar-refractivity contribution in [3.63, 3.8) is 0 Å². The first kappa shape index (κ1) is 29.9. The molecule has 11 heteroatoms. The molecule has 5 aromatic rings. The van der Waals surface area contributed by atoms with E-state index in [2.05, 4.69) is 24.8 Å². The van der Waals surface area contributed by atoms with Crippen LogP contribution in [0.25, 0.3) is 32.9 Å². The number of aromatic nitrogens is 4. The summed E-state index contributed by atoms with van der Waals surface area (Å²) in [5, 5.41) is 2.51. The second kappa shape index (κ2) is 14.1. The number of ether oxygens (including phenoxy) is 4. The topological polar surface area (TPSA) is 144 Å². The highest BCUT2D eigenvalue weighted by molar-refractivity contribution is 6.10. The van der Waals surface area contributed by atoms with Crippen LogP contribution >= 0.6 is 0 Å². The molecule has 4 N–H and O–H groups in total. The minimum Gasteiger partial charge on any atom is -0.493 e. The third kappa shape index (κ3) is 7.26. The highest BCUT2D eigenvalue weighted by Crippen LogP contribution is 2.37. The second-order valence-electron chi connectivity index (χ2n) is 10.2. The summed E-state index contributed by atoms with van der Waals surface area (Å²) >= 11 is 0. The zero-order valence-electron chi connectivity index (χ0n) is 24.7. The quantitative estimate of drug-likeness (QED) is 0.144. The number of methoxy groups -OCH3 is 3. The van der Waals surface area contributed by atoms with Crippen LogP contribution in [-0.4, -0.2) is 78.5 Å². The lowest BCUT2D eigenvalue weighted by Crippen LogP contribution is -2.41. The molecule has 0 unspecified atom stereocenters. The maximum absolute atomic E-state index is 6.52. The maximum atomic E-state index is 6.52. The molecule has 0 saturated heterocycles. The van der Waals surface area contributed by atoms with E-state index in [1.165, 1.54) is 0 Å². The van der Waals surface area contributed by atoms with Crippen LogP contribution < -0.4 is 25.7 Å². The minimum absolute atomic E-state index is 0.227. The summed E-state index contributed by atoms with van der Waals surface area (Å²) in [5.74, 6) is 2.17. The molecule has 11 nitrogen and oxygen atoms in total. The minimum atomic E-state index is -0.227. The average molecular weight is 584 g/mol. The van der Waals surface area contributed by atoms with Crippen molar-refractivity contribution in [1.29, 1.82) is 0 Å². The largest absolute Gasteiger partial charge is 0.493 e. The molecule has 5 rings (SSSR count). The van der Waals surface area contributed by atoms with Crippen molar-refractivity contribution in [1.82, 2.24) is 24.8 Å². The summed E-state index contributed by atoms with van der Waals surface area (Å²) < 4.78 is 22.3. The molecule has 0 spiro atoms. The SMILES string of the molecule is COCCCN(Cc1ccccn1)C[C@H](N)COc1cncc(-c2cc3c(cnc4cc(OC)c(OC)cc43)c(N)n2)c1. The Hall–Kier alpha value is -4.58. The van der Waals surface area contributed by atoms with E-state index in [9.17, 15) is 0 Å². The van der Waals surface area contributed by atoms with Crippen molar-refractivity contribution in [2.45, 2.75) is 19.0 Å². The molecule has 0 amide bonds. The molecule has 224 valence electrons. The molecule has 0 fully saturated rings. The fourth-order valence-corrected chi connectivity index (χ4v) is 5.02. The van der Waals surface area contributed by atoms with E-state index in [4.69, 9.17) is 30.4 Å². The summed E-state index contributed by atoms with van der Waals surface area (Å²) in [7, 11) is 4.91. The summed E-state index contributed by atoms with van der Waals surface area (Å²) in [6, 6.07) is 13.3. The first-order valence-electron chi connectivity index (χ1n) is 14.0. The van der Waals surface area contributed by atoms with Gasteiger partial charge in [-0.2, -0.15) is 0 Å². The highest BCUT2D eigenvalue weighted by atomic mass is 16.5. The van der Waals surface area contributed by atoms with E-state index >= 15 is 0 Å². The Labute approximate surface area is 250 Å². The summed E-state index contributed by atoms with van der Waals surface area (Å²) in [6.07, 6.45) is 7.83. The van der Waals surface area contributed by atoms with Gasteiger partial charge in [0.1, 0.15) is 18.2 Å². The molecule has 0 aliphatic heterocycles. The number of fused-ring (bicyclic) bond motifs is 3. The van der Waals surface area contributed by atoms with Crippen LogP contribution in [0.2, 0.25) is 0 Å². The molecule has 1 aromatic carbocycles. The standard InChI is InChI=1S/C32H37N7O4/c1-40-10-6-9-39(19-23-7-4-5-8-36-23)18-22(33)20-43-24-11-21(15-35-16-24)28-12-25-26-13-30(41-2)31(42-3)14-29(26)37-17-27(25)32(34)38-28/h4-5,7-8,11-17,22H,6,9-10,18-20,33H2,1-3H3,(H2,34,38)/t22-/m0/s1. The summed E-state index contributed by atoms with van der Waals surface area (Å²) in [4.78, 5) is 20.3. The van der Waals surface area contributed by atoms with E-state index in [0.717, 1.165) is 45.9 Å². The van der Waals surface area contributed by atoms with Gasteiger partial charge < -0.3 is 30.4 Å².